The smallest absolute Gasteiger partial charge is 0.255 e. The lowest BCUT2D eigenvalue weighted by atomic mass is 10.1. The molecule has 2 rings (SSSR count). The van der Waals surface area contributed by atoms with E-state index in [2.05, 4.69) is 10.6 Å². The van der Waals surface area contributed by atoms with Gasteiger partial charge in [-0.1, -0.05) is 19.1 Å². The number of nitrogen functional groups attached to an aromatic ring is 1. The fourth-order valence-corrected chi connectivity index (χ4v) is 1.95. The van der Waals surface area contributed by atoms with Gasteiger partial charge in [-0.15, -0.1) is 0 Å². The Balaban J connectivity index is 2.17. The van der Waals surface area contributed by atoms with E-state index in [1.165, 1.54) is 0 Å². The number of hydrogen-bond acceptors (Lipinski definition) is 3. The fraction of sp³-hybridized carbons (Fsp3) is 0.176. The summed E-state index contributed by atoms with van der Waals surface area (Å²) in [7, 11) is 0. The number of para-hydroxylation sites is 1. The standard InChI is InChI=1S/C17H19N3O2/c1-2-11-19-17(22)14-5-3-4-6-15(14)20-16(21)12-7-9-13(18)10-8-12/h3-10H,2,11,18H2,1H3,(H,19,22)(H,20,21). The van der Waals surface area contributed by atoms with Gasteiger partial charge in [0.25, 0.3) is 11.8 Å². The largest absolute Gasteiger partial charge is 0.399 e. The monoisotopic (exact) mass is 297 g/mol. The van der Waals surface area contributed by atoms with Crippen LogP contribution in [0.1, 0.15) is 34.1 Å². The maximum absolute atomic E-state index is 12.2. The van der Waals surface area contributed by atoms with Gasteiger partial charge in [0, 0.05) is 17.8 Å². The van der Waals surface area contributed by atoms with Crippen LogP contribution in [-0.4, -0.2) is 18.4 Å². The van der Waals surface area contributed by atoms with Crippen LogP contribution in [0.25, 0.3) is 0 Å². The molecule has 0 heterocycles. The molecule has 0 aliphatic heterocycles. The van der Waals surface area contributed by atoms with Crippen molar-refractivity contribution in [3.8, 4) is 0 Å². The number of hydrogen-bond donors (Lipinski definition) is 3. The minimum absolute atomic E-state index is 0.199. The van der Waals surface area contributed by atoms with Gasteiger partial charge in [-0.2, -0.15) is 0 Å². The Labute approximate surface area is 129 Å². The van der Waals surface area contributed by atoms with E-state index in [-0.39, 0.29) is 11.8 Å². The summed E-state index contributed by atoms with van der Waals surface area (Å²) in [5, 5.41) is 5.57. The molecule has 0 radical (unpaired) electrons. The molecule has 0 fully saturated rings. The van der Waals surface area contributed by atoms with Crippen molar-refractivity contribution in [3.05, 3.63) is 59.7 Å². The third-order valence-corrected chi connectivity index (χ3v) is 3.13. The first-order valence-electron chi connectivity index (χ1n) is 7.16. The molecule has 0 bridgehead atoms. The molecular formula is C17H19N3O2. The molecule has 0 aliphatic carbocycles. The van der Waals surface area contributed by atoms with Gasteiger partial charge in [-0.3, -0.25) is 9.59 Å². The van der Waals surface area contributed by atoms with Crippen LogP contribution in [0.2, 0.25) is 0 Å². The lowest BCUT2D eigenvalue weighted by Crippen LogP contribution is -2.25. The molecule has 4 N–H and O–H groups in total. The summed E-state index contributed by atoms with van der Waals surface area (Å²) in [5.74, 6) is -0.481. The zero-order valence-corrected chi connectivity index (χ0v) is 12.4. The van der Waals surface area contributed by atoms with Gasteiger partial charge >= 0.3 is 0 Å². The van der Waals surface area contributed by atoms with Crippen molar-refractivity contribution in [2.75, 3.05) is 17.6 Å². The molecule has 0 aromatic heterocycles. The summed E-state index contributed by atoms with van der Waals surface area (Å²) in [6.45, 7) is 2.58. The van der Waals surface area contributed by atoms with Crippen molar-refractivity contribution in [3.63, 3.8) is 0 Å². The number of carbonyl (C=O) groups excluding carboxylic acids is 2. The third-order valence-electron chi connectivity index (χ3n) is 3.13. The lowest BCUT2D eigenvalue weighted by Gasteiger charge is -2.11. The van der Waals surface area contributed by atoms with Crippen molar-refractivity contribution >= 4 is 23.2 Å². The first kappa shape index (κ1) is 15.6. The zero-order valence-electron chi connectivity index (χ0n) is 12.4. The van der Waals surface area contributed by atoms with Crippen molar-refractivity contribution in [2.45, 2.75) is 13.3 Å². The molecule has 2 aromatic carbocycles. The maximum atomic E-state index is 12.2. The quantitative estimate of drug-likeness (QED) is 0.742. The number of amides is 2. The van der Waals surface area contributed by atoms with Gasteiger partial charge in [0.2, 0.25) is 0 Å². The van der Waals surface area contributed by atoms with Crippen LogP contribution in [0.5, 0.6) is 0 Å². The molecule has 22 heavy (non-hydrogen) atoms. The Morgan fingerprint density at radius 3 is 2.36 bits per heavy atom. The molecule has 2 amide bonds. The second-order valence-corrected chi connectivity index (χ2v) is 4.88. The SMILES string of the molecule is CCCNC(=O)c1ccccc1NC(=O)c1ccc(N)cc1. The molecule has 0 atom stereocenters. The molecule has 2 aromatic rings. The first-order chi connectivity index (χ1) is 10.6. The molecule has 0 spiro atoms. The Bertz CT molecular complexity index is 666. The third kappa shape index (κ3) is 3.85. The van der Waals surface area contributed by atoms with Gasteiger partial charge in [-0.05, 0) is 42.8 Å². The van der Waals surface area contributed by atoms with E-state index < -0.39 is 0 Å². The van der Waals surface area contributed by atoms with E-state index in [1.807, 2.05) is 6.92 Å². The van der Waals surface area contributed by atoms with Crippen LogP contribution in [0, 0.1) is 0 Å². The van der Waals surface area contributed by atoms with Crippen LogP contribution in [0.15, 0.2) is 48.5 Å². The molecule has 0 unspecified atom stereocenters. The minimum Gasteiger partial charge on any atom is -0.399 e. The molecule has 5 heteroatoms. The second kappa shape index (κ2) is 7.26. The maximum Gasteiger partial charge on any atom is 0.255 e. The van der Waals surface area contributed by atoms with Gasteiger partial charge in [0.05, 0.1) is 11.3 Å². The molecule has 0 saturated carbocycles. The van der Waals surface area contributed by atoms with E-state index in [4.69, 9.17) is 5.73 Å². The van der Waals surface area contributed by atoms with Crippen LogP contribution in [0.3, 0.4) is 0 Å². The van der Waals surface area contributed by atoms with Gasteiger partial charge in [0.15, 0.2) is 0 Å². The highest BCUT2D eigenvalue weighted by molar-refractivity contribution is 6.09. The Morgan fingerprint density at radius 2 is 1.68 bits per heavy atom. The Kier molecular flexibility index (Phi) is 5.14. The zero-order chi connectivity index (χ0) is 15.9. The highest BCUT2D eigenvalue weighted by Gasteiger charge is 2.13. The molecular weight excluding hydrogens is 278 g/mol. The van der Waals surface area contributed by atoms with E-state index in [0.717, 1.165) is 6.42 Å². The minimum atomic E-state index is -0.282. The van der Waals surface area contributed by atoms with E-state index in [9.17, 15) is 9.59 Å². The fourth-order valence-electron chi connectivity index (χ4n) is 1.95. The second-order valence-electron chi connectivity index (χ2n) is 4.88. The highest BCUT2D eigenvalue weighted by Crippen LogP contribution is 2.16. The lowest BCUT2D eigenvalue weighted by molar-refractivity contribution is 0.0954. The molecule has 0 saturated heterocycles. The normalized spacial score (nSPS) is 10.0. The summed E-state index contributed by atoms with van der Waals surface area (Å²) < 4.78 is 0. The average molecular weight is 297 g/mol. The summed E-state index contributed by atoms with van der Waals surface area (Å²) in [4.78, 5) is 24.3. The van der Waals surface area contributed by atoms with Crippen molar-refractivity contribution in [1.82, 2.24) is 5.32 Å². The van der Waals surface area contributed by atoms with Crippen LogP contribution in [-0.2, 0) is 0 Å². The average Bonchev–Trinajstić information content (AvgIpc) is 2.53. The summed E-state index contributed by atoms with van der Waals surface area (Å²) >= 11 is 0. The Hall–Kier alpha value is -2.82. The van der Waals surface area contributed by atoms with E-state index in [1.54, 1.807) is 48.5 Å². The Morgan fingerprint density at radius 1 is 1.00 bits per heavy atom. The topological polar surface area (TPSA) is 84.2 Å². The molecule has 0 aliphatic rings. The number of nitrogens with two attached hydrogens (primary N) is 1. The number of benzene rings is 2. The van der Waals surface area contributed by atoms with Gasteiger partial charge < -0.3 is 16.4 Å². The van der Waals surface area contributed by atoms with Crippen LogP contribution >= 0.6 is 0 Å². The molecule has 5 nitrogen and oxygen atoms in total. The summed E-state index contributed by atoms with van der Waals surface area (Å²) in [5.41, 5.74) is 7.61. The first-order valence-corrected chi connectivity index (χ1v) is 7.16. The number of carbonyl (C=O) groups is 2. The van der Waals surface area contributed by atoms with Crippen molar-refractivity contribution in [2.24, 2.45) is 0 Å². The van der Waals surface area contributed by atoms with Gasteiger partial charge in [0.1, 0.15) is 0 Å². The van der Waals surface area contributed by atoms with Crippen molar-refractivity contribution in [1.29, 1.82) is 0 Å². The van der Waals surface area contributed by atoms with E-state index >= 15 is 0 Å². The summed E-state index contributed by atoms with van der Waals surface area (Å²) in [6, 6.07) is 13.5. The van der Waals surface area contributed by atoms with Crippen molar-refractivity contribution < 1.29 is 9.59 Å². The highest BCUT2D eigenvalue weighted by atomic mass is 16.2. The van der Waals surface area contributed by atoms with Gasteiger partial charge in [-0.25, -0.2) is 0 Å². The number of rotatable bonds is 5. The molecule has 114 valence electrons. The van der Waals surface area contributed by atoms with Crippen LogP contribution < -0.4 is 16.4 Å². The predicted octanol–water partition coefficient (Wildman–Crippen LogP) is 2.66. The number of anilines is 2. The van der Waals surface area contributed by atoms with E-state index in [0.29, 0.717) is 29.0 Å². The predicted molar refractivity (Wildman–Crippen MR) is 87.9 cm³/mol. The number of nitrogens with one attached hydrogen (secondary N) is 2. The summed E-state index contributed by atoms with van der Waals surface area (Å²) in [6.07, 6.45) is 0.853. The van der Waals surface area contributed by atoms with Crippen LogP contribution in [0.4, 0.5) is 11.4 Å².